The van der Waals surface area contributed by atoms with Crippen molar-refractivity contribution in [1.29, 1.82) is 0 Å². The summed E-state index contributed by atoms with van der Waals surface area (Å²) in [7, 11) is -8.07. The van der Waals surface area contributed by atoms with Gasteiger partial charge in [0.1, 0.15) is 6.54 Å². The van der Waals surface area contributed by atoms with E-state index in [1.807, 2.05) is 42.5 Å². The van der Waals surface area contributed by atoms with Crippen LogP contribution >= 0.6 is 11.8 Å². The molecule has 2 aliphatic rings. The summed E-state index contributed by atoms with van der Waals surface area (Å²) in [5.74, 6) is -0.542. The monoisotopic (exact) mass is 803 g/mol. The van der Waals surface area contributed by atoms with Crippen LogP contribution in [-0.2, 0) is 26.8 Å². The number of benzene rings is 4. The minimum atomic E-state index is -4.03. The molecule has 1 aliphatic heterocycles. The summed E-state index contributed by atoms with van der Waals surface area (Å²) in [6.45, 7) is 1.17. The standard InChI is InChI=1S/C45H42N2O6S3/c48-55(49,50)32-12-10-30-46-36(24-22-34-14-4-8-20-43(34)46)26-28-41-39-18-6-7-19-40(39)42(45(41)54-38-16-2-1-3-17-38)29-27-37-25-23-35-15-5-9-21-44(35)47(37)31-11-13-33-56(51,52)53/h1-9,14-29H,10-13,30-33H2,(H-,48,49,50,51,52,53)/p+1. The Hall–Kier alpha value is -5.04. The molecule has 0 unspecified atom stereocenters. The minimum Gasteiger partial charge on any atom is -0.341 e. The summed E-state index contributed by atoms with van der Waals surface area (Å²) >= 11 is 1.71. The fourth-order valence-electron chi connectivity index (χ4n) is 7.18. The summed E-state index contributed by atoms with van der Waals surface area (Å²) < 4.78 is 66.6. The molecule has 0 spiro atoms. The number of nitrogens with zero attached hydrogens (tertiary/aromatic N) is 2. The van der Waals surface area contributed by atoms with Crippen molar-refractivity contribution in [2.45, 2.75) is 37.1 Å². The molecule has 8 nitrogen and oxygen atoms in total. The first-order valence-corrected chi connectivity index (χ1v) is 22.6. The summed E-state index contributed by atoms with van der Waals surface area (Å²) in [4.78, 5) is 4.41. The maximum Gasteiger partial charge on any atom is 0.264 e. The van der Waals surface area contributed by atoms with Gasteiger partial charge < -0.3 is 4.90 Å². The molecule has 0 atom stereocenters. The van der Waals surface area contributed by atoms with Gasteiger partial charge in [-0.2, -0.15) is 21.4 Å². The Morgan fingerprint density at radius 1 is 0.643 bits per heavy atom. The van der Waals surface area contributed by atoms with Crippen LogP contribution in [0.1, 0.15) is 48.1 Å². The molecule has 286 valence electrons. The average molecular weight is 804 g/mol. The van der Waals surface area contributed by atoms with E-state index in [1.165, 1.54) is 0 Å². The smallest absolute Gasteiger partial charge is 0.264 e. The Morgan fingerprint density at radius 2 is 1.32 bits per heavy atom. The van der Waals surface area contributed by atoms with E-state index in [0.29, 0.717) is 38.8 Å². The van der Waals surface area contributed by atoms with Crippen LogP contribution in [0.2, 0.25) is 0 Å². The van der Waals surface area contributed by atoms with E-state index in [4.69, 9.17) is 0 Å². The van der Waals surface area contributed by atoms with E-state index in [2.05, 4.69) is 119 Å². The molecule has 11 heteroatoms. The van der Waals surface area contributed by atoms with Crippen LogP contribution < -0.4 is 9.47 Å². The number of anilines is 1. The molecular formula is C45H43N2O6S3+. The largest absolute Gasteiger partial charge is 0.341 e. The third-order valence-corrected chi connectivity index (χ3v) is 12.6. The van der Waals surface area contributed by atoms with E-state index >= 15 is 0 Å². The van der Waals surface area contributed by atoms with Gasteiger partial charge in [0.25, 0.3) is 20.2 Å². The molecule has 0 radical (unpaired) electrons. The average Bonchev–Trinajstić information content (AvgIpc) is 3.47. The molecular weight excluding hydrogens is 761 g/mol. The number of rotatable bonds is 15. The third-order valence-electron chi connectivity index (χ3n) is 9.82. The number of allylic oxidation sites excluding steroid dienone is 6. The highest BCUT2D eigenvalue weighted by Gasteiger charge is 2.26. The van der Waals surface area contributed by atoms with Crippen molar-refractivity contribution in [3.8, 4) is 0 Å². The first-order valence-electron chi connectivity index (χ1n) is 18.6. The molecule has 56 heavy (non-hydrogen) atoms. The molecule has 0 bridgehead atoms. The number of thioether (sulfide) groups is 1. The lowest BCUT2D eigenvalue weighted by molar-refractivity contribution is -0.673. The number of fused-ring (bicyclic) bond motifs is 3. The maximum atomic E-state index is 11.4. The van der Waals surface area contributed by atoms with Crippen LogP contribution in [0.25, 0.3) is 34.2 Å². The Labute approximate surface area is 333 Å². The van der Waals surface area contributed by atoms with Crippen LogP contribution in [0.5, 0.6) is 0 Å². The van der Waals surface area contributed by atoms with Gasteiger partial charge in [0.05, 0.1) is 11.5 Å². The van der Waals surface area contributed by atoms with Crippen molar-refractivity contribution in [2.24, 2.45) is 0 Å². The Balaban J connectivity index is 1.30. The first kappa shape index (κ1) is 39.2. The molecule has 7 rings (SSSR count). The van der Waals surface area contributed by atoms with Gasteiger partial charge in [-0.3, -0.25) is 9.11 Å². The van der Waals surface area contributed by atoms with Crippen molar-refractivity contribution in [1.82, 2.24) is 0 Å². The zero-order chi connectivity index (χ0) is 39.1. The molecule has 4 aromatic carbocycles. The Kier molecular flexibility index (Phi) is 12.2. The third kappa shape index (κ3) is 9.66. The lowest BCUT2D eigenvalue weighted by Crippen LogP contribution is -2.38. The van der Waals surface area contributed by atoms with Crippen molar-refractivity contribution >= 4 is 71.9 Å². The number of hydrogen-bond donors (Lipinski definition) is 2. The Bertz CT molecular complexity index is 2630. The minimum absolute atomic E-state index is 0.271. The maximum absolute atomic E-state index is 11.4. The molecule has 0 amide bonds. The van der Waals surface area contributed by atoms with Crippen molar-refractivity contribution in [3.05, 3.63) is 173 Å². The van der Waals surface area contributed by atoms with E-state index in [0.717, 1.165) is 65.6 Å². The SMILES string of the molecule is O=S(=O)(O)CCCCN1/C(=C/C=C2C(Sc3ccccc3)=C(/C=C/c3ccc4ccccc4[n+]3CCCCS(=O)(=O)O)c3ccccc3/2)C=Cc2ccccc21. The highest BCUT2D eigenvalue weighted by Crippen LogP contribution is 2.49. The fraction of sp³-hybridized carbons (Fsp3) is 0.178. The summed E-state index contributed by atoms with van der Waals surface area (Å²) in [6, 6.07) is 39.2. The number of aromatic nitrogens is 1. The van der Waals surface area contributed by atoms with Crippen LogP contribution in [0.15, 0.2) is 155 Å². The van der Waals surface area contributed by atoms with Crippen molar-refractivity contribution in [3.63, 3.8) is 0 Å². The zero-order valence-electron chi connectivity index (χ0n) is 30.7. The fourth-order valence-corrected chi connectivity index (χ4v) is 9.43. The van der Waals surface area contributed by atoms with Gasteiger partial charge >= 0.3 is 0 Å². The summed E-state index contributed by atoms with van der Waals surface area (Å²) in [5.41, 5.74) is 9.48. The van der Waals surface area contributed by atoms with Gasteiger partial charge in [-0.25, -0.2) is 0 Å². The van der Waals surface area contributed by atoms with Gasteiger partial charge in [0, 0.05) is 57.7 Å². The van der Waals surface area contributed by atoms with Gasteiger partial charge in [0.2, 0.25) is 11.2 Å². The second kappa shape index (κ2) is 17.4. The first-order chi connectivity index (χ1) is 27.0. The van der Waals surface area contributed by atoms with Gasteiger partial charge in [-0.15, -0.1) is 0 Å². The number of para-hydroxylation sites is 2. The molecule has 5 aromatic rings. The lowest BCUT2D eigenvalue weighted by atomic mass is 10.0. The predicted molar refractivity (Wildman–Crippen MR) is 229 cm³/mol. The predicted octanol–water partition coefficient (Wildman–Crippen LogP) is 9.49. The number of pyridine rings is 1. The van der Waals surface area contributed by atoms with Crippen molar-refractivity contribution < 1.29 is 30.5 Å². The number of unbranched alkanes of at least 4 members (excludes halogenated alkanes) is 2. The second-order valence-electron chi connectivity index (χ2n) is 13.7. The molecule has 0 fully saturated rings. The van der Waals surface area contributed by atoms with Gasteiger partial charge in [0.15, 0.2) is 0 Å². The lowest BCUT2D eigenvalue weighted by Gasteiger charge is -2.30. The quantitative estimate of drug-likeness (QED) is 0.0611. The summed E-state index contributed by atoms with van der Waals surface area (Å²) in [6.07, 6.45) is 14.7. The van der Waals surface area contributed by atoms with E-state index in [9.17, 15) is 25.9 Å². The molecule has 2 N–H and O–H groups in total. The van der Waals surface area contributed by atoms with Crippen molar-refractivity contribution in [2.75, 3.05) is 23.0 Å². The second-order valence-corrected chi connectivity index (χ2v) is 17.9. The van der Waals surface area contributed by atoms with E-state index < -0.39 is 20.2 Å². The molecule has 0 saturated heterocycles. The molecule has 1 aromatic heterocycles. The highest BCUT2D eigenvalue weighted by molar-refractivity contribution is 8.04. The van der Waals surface area contributed by atoms with Crippen LogP contribution in [0, 0.1) is 0 Å². The van der Waals surface area contributed by atoms with Crippen LogP contribution in [0.4, 0.5) is 5.69 Å². The van der Waals surface area contributed by atoms with Gasteiger partial charge in [-0.05, 0) is 95.7 Å². The number of hydrogen-bond acceptors (Lipinski definition) is 6. The normalized spacial score (nSPS) is 15.7. The molecule has 0 saturated carbocycles. The molecule has 1 aliphatic carbocycles. The van der Waals surface area contributed by atoms with E-state index in [-0.39, 0.29) is 11.5 Å². The van der Waals surface area contributed by atoms with Crippen LogP contribution in [0.3, 0.4) is 0 Å². The zero-order valence-corrected chi connectivity index (χ0v) is 33.2. The summed E-state index contributed by atoms with van der Waals surface area (Å²) in [5, 5.41) is 1.08. The highest BCUT2D eigenvalue weighted by atomic mass is 32.2. The van der Waals surface area contributed by atoms with Gasteiger partial charge in [-0.1, -0.05) is 96.7 Å². The topological polar surface area (TPSA) is 116 Å². The Morgan fingerprint density at radius 3 is 2.11 bits per heavy atom. The number of aryl methyl sites for hydroxylation is 1. The van der Waals surface area contributed by atoms with Crippen LogP contribution in [-0.4, -0.2) is 44.0 Å². The van der Waals surface area contributed by atoms with E-state index in [1.54, 1.807) is 11.8 Å². The molecule has 2 heterocycles.